The van der Waals surface area contributed by atoms with Crippen LogP contribution in [0.5, 0.6) is 17.2 Å². The summed E-state index contributed by atoms with van der Waals surface area (Å²) in [7, 11) is 0. The zero-order chi connectivity index (χ0) is 16.2. The van der Waals surface area contributed by atoms with Crippen molar-refractivity contribution in [2.24, 2.45) is 0 Å². The molecule has 0 aliphatic carbocycles. The van der Waals surface area contributed by atoms with Crippen LogP contribution in [0.15, 0.2) is 42.5 Å². The standard InChI is InChI=1S/C14H13N5O3S/c20-11-4-5-12(21)13(7-11)22-8-15-9-2-1-3-10(6-9)19-14(23)16-17-18-19/h1-7,15,20-21H,8H2,(H,16,18,23). The summed E-state index contributed by atoms with van der Waals surface area (Å²) in [6.07, 6.45) is 0. The molecular formula is C14H13N5O3S. The fraction of sp³-hybridized carbons (Fsp3) is 0.0714. The summed E-state index contributed by atoms with van der Waals surface area (Å²) in [6, 6.07) is 11.4. The highest BCUT2D eigenvalue weighted by Crippen LogP contribution is 2.29. The zero-order valence-electron chi connectivity index (χ0n) is 11.8. The number of hydrogen-bond acceptors (Lipinski definition) is 7. The van der Waals surface area contributed by atoms with Gasteiger partial charge >= 0.3 is 0 Å². The molecule has 0 aliphatic heterocycles. The summed E-state index contributed by atoms with van der Waals surface area (Å²) < 4.78 is 7.28. The Balaban J connectivity index is 1.68. The molecule has 0 atom stereocenters. The van der Waals surface area contributed by atoms with Gasteiger partial charge in [-0.2, -0.15) is 5.21 Å². The van der Waals surface area contributed by atoms with Crippen LogP contribution < -0.4 is 10.1 Å². The Morgan fingerprint density at radius 3 is 2.87 bits per heavy atom. The third kappa shape index (κ3) is 3.40. The van der Waals surface area contributed by atoms with Gasteiger partial charge in [0.05, 0.1) is 5.69 Å². The first-order valence-electron chi connectivity index (χ1n) is 6.63. The van der Waals surface area contributed by atoms with Crippen molar-refractivity contribution in [2.75, 3.05) is 12.0 Å². The van der Waals surface area contributed by atoms with Crippen molar-refractivity contribution < 1.29 is 14.9 Å². The van der Waals surface area contributed by atoms with E-state index in [4.69, 9.17) is 17.0 Å². The molecule has 118 valence electrons. The first-order chi connectivity index (χ1) is 11.1. The second-order valence-electron chi connectivity index (χ2n) is 4.59. The van der Waals surface area contributed by atoms with Crippen molar-refractivity contribution in [3.63, 3.8) is 0 Å². The molecule has 9 heteroatoms. The van der Waals surface area contributed by atoms with Gasteiger partial charge in [0.15, 0.2) is 18.2 Å². The zero-order valence-corrected chi connectivity index (χ0v) is 12.6. The van der Waals surface area contributed by atoms with Crippen LogP contribution in [0.1, 0.15) is 0 Å². The number of phenolic OH excluding ortho intramolecular Hbond substituents is 2. The van der Waals surface area contributed by atoms with Crippen molar-refractivity contribution in [2.45, 2.75) is 0 Å². The molecule has 0 amide bonds. The Labute approximate surface area is 136 Å². The van der Waals surface area contributed by atoms with Gasteiger partial charge in [0.1, 0.15) is 5.75 Å². The van der Waals surface area contributed by atoms with Crippen molar-refractivity contribution in [1.82, 2.24) is 20.2 Å². The lowest BCUT2D eigenvalue weighted by Crippen LogP contribution is -2.09. The summed E-state index contributed by atoms with van der Waals surface area (Å²) >= 11 is 5.05. The topological polar surface area (TPSA) is 108 Å². The maximum Gasteiger partial charge on any atom is 0.242 e. The molecule has 0 bridgehead atoms. The van der Waals surface area contributed by atoms with E-state index in [1.165, 1.54) is 18.2 Å². The van der Waals surface area contributed by atoms with Crippen LogP contribution >= 0.6 is 12.2 Å². The van der Waals surface area contributed by atoms with Crippen molar-refractivity contribution >= 4 is 17.9 Å². The molecule has 0 unspecified atom stereocenters. The fourth-order valence-corrected chi connectivity index (χ4v) is 2.12. The van der Waals surface area contributed by atoms with E-state index in [2.05, 4.69) is 20.8 Å². The molecule has 0 fully saturated rings. The van der Waals surface area contributed by atoms with Gasteiger partial charge in [-0.3, -0.25) is 0 Å². The van der Waals surface area contributed by atoms with Crippen LogP contribution in [0.25, 0.3) is 5.69 Å². The number of rotatable bonds is 5. The van der Waals surface area contributed by atoms with Gasteiger partial charge in [-0.1, -0.05) is 16.4 Å². The molecule has 4 N–H and O–H groups in total. The summed E-state index contributed by atoms with van der Waals surface area (Å²) in [5, 5.41) is 32.1. The van der Waals surface area contributed by atoms with E-state index in [0.29, 0.717) is 4.77 Å². The Bertz CT molecular complexity index is 877. The number of anilines is 1. The largest absolute Gasteiger partial charge is 0.508 e. The van der Waals surface area contributed by atoms with E-state index in [0.717, 1.165) is 11.4 Å². The van der Waals surface area contributed by atoms with Gasteiger partial charge in [-0.15, -0.1) is 0 Å². The Morgan fingerprint density at radius 1 is 1.22 bits per heavy atom. The summed E-state index contributed by atoms with van der Waals surface area (Å²) in [5.74, 6) is 0.155. The van der Waals surface area contributed by atoms with E-state index >= 15 is 0 Å². The molecule has 0 radical (unpaired) electrons. The number of ether oxygens (including phenoxy) is 1. The predicted molar refractivity (Wildman–Crippen MR) is 85.4 cm³/mol. The van der Waals surface area contributed by atoms with Crippen molar-refractivity contribution in [1.29, 1.82) is 0 Å². The minimum absolute atomic E-state index is 0.0147. The van der Waals surface area contributed by atoms with Crippen LogP contribution in [0.2, 0.25) is 0 Å². The fourth-order valence-electron chi connectivity index (χ4n) is 1.94. The maximum atomic E-state index is 9.63. The second-order valence-corrected chi connectivity index (χ2v) is 4.95. The Hall–Kier alpha value is -3.07. The van der Waals surface area contributed by atoms with E-state index in [1.807, 2.05) is 24.3 Å². The SMILES string of the molecule is Oc1ccc(O)c(OCNc2cccc(-n3[nH]nnc3=S)c2)c1. The number of H-pyrrole nitrogens is 1. The molecule has 0 saturated heterocycles. The average Bonchev–Trinajstić information content (AvgIpc) is 2.97. The summed E-state index contributed by atoms with van der Waals surface area (Å²) in [4.78, 5) is 0. The van der Waals surface area contributed by atoms with Gasteiger partial charge in [-0.25, -0.2) is 4.68 Å². The average molecular weight is 331 g/mol. The molecule has 3 rings (SSSR count). The highest BCUT2D eigenvalue weighted by atomic mass is 32.1. The minimum atomic E-state index is -0.0480. The molecule has 1 heterocycles. The number of hydrogen-bond donors (Lipinski definition) is 4. The molecule has 3 aromatic rings. The Morgan fingerprint density at radius 2 is 2.09 bits per heavy atom. The highest BCUT2D eigenvalue weighted by Gasteiger charge is 2.04. The van der Waals surface area contributed by atoms with Crippen LogP contribution in [0.4, 0.5) is 5.69 Å². The molecular weight excluding hydrogens is 318 g/mol. The third-order valence-electron chi connectivity index (χ3n) is 3.02. The number of aromatic hydroxyl groups is 2. The quantitative estimate of drug-likeness (QED) is 0.322. The lowest BCUT2D eigenvalue weighted by atomic mass is 10.3. The van der Waals surface area contributed by atoms with Crippen LogP contribution in [0.3, 0.4) is 0 Å². The first-order valence-corrected chi connectivity index (χ1v) is 7.03. The predicted octanol–water partition coefficient (Wildman–Crippen LogP) is 2.18. The molecule has 23 heavy (non-hydrogen) atoms. The lowest BCUT2D eigenvalue weighted by Gasteiger charge is -2.11. The molecule has 0 saturated carbocycles. The van der Waals surface area contributed by atoms with Crippen LogP contribution in [0, 0.1) is 4.77 Å². The number of benzene rings is 2. The second kappa shape index (κ2) is 6.36. The number of nitrogens with zero attached hydrogens (tertiary/aromatic N) is 3. The monoisotopic (exact) mass is 331 g/mol. The van der Waals surface area contributed by atoms with Crippen LogP contribution in [-0.4, -0.2) is 37.2 Å². The Kier molecular flexibility index (Phi) is 4.11. The van der Waals surface area contributed by atoms with E-state index in [-0.39, 0.29) is 24.0 Å². The minimum Gasteiger partial charge on any atom is -0.508 e. The number of phenols is 2. The molecule has 0 aliphatic rings. The number of nitrogens with one attached hydrogen (secondary N) is 2. The molecule has 1 aromatic heterocycles. The van der Waals surface area contributed by atoms with Gasteiger partial charge in [0.2, 0.25) is 4.77 Å². The van der Waals surface area contributed by atoms with Crippen molar-refractivity contribution in [3.8, 4) is 22.9 Å². The molecule has 0 spiro atoms. The van der Waals surface area contributed by atoms with E-state index in [9.17, 15) is 10.2 Å². The lowest BCUT2D eigenvalue weighted by molar-refractivity contribution is 0.321. The van der Waals surface area contributed by atoms with Gasteiger partial charge in [0.25, 0.3) is 0 Å². The number of aromatic nitrogens is 4. The number of tetrazole rings is 1. The van der Waals surface area contributed by atoms with Gasteiger partial charge < -0.3 is 20.3 Å². The summed E-state index contributed by atoms with van der Waals surface area (Å²) in [5.41, 5.74) is 1.55. The smallest absolute Gasteiger partial charge is 0.242 e. The van der Waals surface area contributed by atoms with Crippen LogP contribution in [-0.2, 0) is 0 Å². The maximum absolute atomic E-state index is 9.63. The van der Waals surface area contributed by atoms with Gasteiger partial charge in [-0.05, 0) is 42.5 Å². The van der Waals surface area contributed by atoms with Crippen molar-refractivity contribution in [3.05, 3.63) is 47.2 Å². The van der Waals surface area contributed by atoms with Gasteiger partial charge in [0, 0.05) is 11.8 Å². The normalized spacial score (nSPS) is 10.4. The van der Waals surface area contributed by atoms with E-state index in [1.54, 1.807) is 4.68 Å². The summed E-state index contributed by atoms with van der Waals surface area (Å²) in [6.45, 7) is 0.104. The molecule has 8 nitrogen and oxygen atoms in total. The third-order valence-corrected chi connectivity index (χ3v) is 3.29. The number of aromatic amines is 1. The molecule has 2 aromatic carbocycles. The first kappa shape index (κ1) is 14.9. The highest BCUT2D eigenvalue weighted by molar-refractivity contribution is 7.71. The van der Waals surface area contributed by atoms with E-state index < -0.39 is 0 Å².